The number of rotatable bonds is 15. The second kappa shape index (κ2) is 17.8. The standard InChI is InChI=1S/C45H51N4O9PSi/c1-44(2,3)60(6,7)58-39-38(57-59(51)52)37(56-43(39)49-27-26-36-40(46-29-47-41(36)49)48-42(50)30-14-10-8-11-15-30)28-55-45(31-16-12-9-13-17-31,32-18-22-34(53-4)23-19-32)33-20-24-35(54-5)25-21-33/h8-27,29,37-39,43,59H,28H2,1-7H3,(H,51,52)(H,46,47,48,50)/t37-,38-,39-,43-/m1/s1. The van der Waals surface area contributed by atoms with Crippen LogP contribution in [0.3, 0.4) is 0 Å². The van der Waals surface area contributed by atoms with E-state index in [0.717, 1.165) is 16.7 Å². The van der Waals surface area contributed by atoms with E-state index in [1.54, 1.807) is 55.3 Å². The third kappa shape index (κ3) is 8.68. The van der Waals surface area contributed by atoms with Crippen molar-refractivity contribution in [3.63, 3.8) is 0 Å². The monoisotopic (exact) mass is 850 g/mol. The number of nitrogens with one attached hydrogen (secondary N) is 1. The Balaban J connectivity index is 1.33. The first-order valence-electron chi connectivity index (χ1n) is 19.6. The molecule has 0 spiro atoms. The molecule has 6 aromatic rings. The number of hydrogen-bond acceptors (Lipinski definition) is 10. The molecule has 1 amide bonds. The number of anilines is 1. The van der Waals surface area contributed by atoms with Gasteiger partial charge in [0.2, 0.25) is 0 Å². The molecule has 0 aliphatic carbocycles. The highest BCUT2D eigenvalue weighted by molar-refractivity contribution is 7.32. The fraction of sp³-hybridized carbons (Fsp3) is 0.311. The zero-order chi connectivity index (χ0) is 42.7. The van der Waals surface area contributed by atoms with Gasteiger partial charge in [-0.3, -0.25) is 9.36 Å². The van der Waals surface area contributed by atoms with E-state index in [1.165, 1.54) is 6.33 Å². The first kappa shape index (κ1) is 42.9. The molecule has 0 saturated carbocycles. The minimum absolute atomic E-state index is 0.104. The van der Waals surface area contributed by atoms with Crippen molar-refractivity contribution in [2.45, 2.75) is 69.0 Å². The first-order chi connectivity index (χ1) is 28.8. The average Bonchev–Trinajstić information content (AvgIpc) is 3.82. The van der Waals surface area contributed by atoms with Crippen LogP contribution >= 0.6 is 8.25 Å². The van der Waals surface area contributed by atoms with Gasteiger partial charge in [0, 0.05) is 11.8 Å². The van der Waals surface area contributed by atoms with E-state index in [-0.39, 0.29) is 17.6 Å². The van der Waals surface area contributed by atoms with Crippen molar-refractivity contribution >= 4 is 39.3 Å². The van der Waals surface area contributed by atoms with E-state index < -0.39 is 46.7 Å². The molecule has 1 aliphatic rings. The van der Waals surface area contributed by atoms with Crippen LogP contribution in [-0.2, 0) is 28.6 Å². The highest BCUT2D eigenvalue weighted by Crippen LogP contribution is 2.47. The lowest BCUT2D eigenvalue weighted by atomic mass is 9.80. The summed E-state index contributed by atoms with van der Waals surface area (Å²) in [5.74, 6) is 1.34. The third-order valence-electron chi connectivity index (χ3n) is 11.4. The molecule has 0 bridgehead atoms. The zero-order valence-electron chi connectivity index (χ0n) is 34.7. The highest BCUT2D eigenvalue weighted by Gasteiger charge is 2.53. The molecule has 4 aromatic carbocycles. The number of aromatic nitrogens is 3. The average molecular weight is 851 g/mol. The number of methoxy groups -OCH3 is 2. The van der Waals surface area contributed by atoms with Crippen LogP contribution < -0.4 is 14.8 Å². The number of nitrogens with zero attached hydrogens (tertiary/aromatic N) is 3. The molecule has 3 heterocycles. The lowest BCUT2D eigenvalue weighted by Crippen LogP contribution is -2.49. The molecule has 13 nitrogen and oxygen atoms in total. The maximum absolute atomic E-state index is 13.2. The van der Waals surface area contributed by atoms with E-state index in [0.29, 0.717) is 33.9 Å². The fourth-order valence-corrected chi connectivity index (χ4v) is 9.10. The van der Waals surface area contributed by atoms with Crippen LogP contribution in [0.4, 0.5) is 5.82 Å². The van der Waals surface area contributed by atoms with E-state index in [1.807, 2.05) is 84.9 Å². The van der Waals surface area contributed by atoms with Crippen molar-refractivity contribution in [1.29, 1.82) is 0 Å². The number of hydrogen-bond donors (Lipinski definition) is 2. The van der Waals surface area contributed by atoms with Gasteiger partial charge in [0.25, 0.3) is 5.91 Å². The summed E-state index contributed by atoms with van der Waals surface area (Å²) in [7, 11) is -2.92. The Bertz CT molecular complexity index is 2360. The largest absolute Gasteiger partial charge is 0.497 e. The molecule has 1 saturated heterocycles. The molecule has 15 heteroatoms. The Morgan fingerprint density at radius 3 is 1.93 bits per heavy atom. The van der Waals surface area contributed by atoms with Crippen molar-refractivity contribution in [2.75, 3.05) is 26.1 Å². The molecule has 5 atom stereocenters. The van der Waals surface area contributed by atoms with Gasteiger partial charge < -0.3 is 42.7 Å². The number of carbonyl (C=O) groups is 1. The molecule has 60 heavy (non-hydrogen) atoms. The first-order valence-corrected chi connectivity index (χ1v) is 23.8. The van der Waals surface area contributed by atoms with Crippen molar-refractivity contribution in [1.82, 2.24) is 14.5 Å². The molecular formula is C45H51N4O9PSi. The summed E-state index contributed by atoms with van der Waals surface area (Å²) in [6.07, 6.45) is -0.620. The molecule has 314 valence electrons. The summed E-state index contributed by atoms with van der Waals surface area (Å²) < 4.78 is 52.9. The van der Waals surface area contributed by atoms with E-state index >= 15 is 0 Å². The van der Waals surface area contributed by atoms with Crippen LogP contribution in [0, 0.1) is 0 Å². The topological polar surface area (TPSA) is 152 Å². The third-order valence-corrected chi connectivity index (χ3v) is 16.4. The van der Waals surface area contributed by atoms with Gasteiger partial charge in [0.1, 0.15) is 53.2 Å². The van der Waals surface area contributed by atoms with Crippen molar-refractivity contribution in [3.05, 3.63) is 150 Å². The Morgan fingerprint density at radius 2 is 1.38 bits per heavy atom. The Labute approximate surface area is 351 Å². The van der Waals surface area contributed by atoms with Gasteiger partial charge in [-0.1, -0.05) is 93.6 Å². The van der Waals surface area contributed by atoms with Gasteiger partial charge >= 0.3 is 8.25 Å². The summed E-state index contributed by atoms with van der Waals surface area (Å²) in [5.41, 5.74) is 2.14. The van der Waals surface area contributed by atoms with E-state index in [4.69, 9.17) is 27.9 Å². The molecule has 1 fully saturated rings. The van der Waals surface area contributed by atoms with Gasteiger partial charge in [-0.15, -0.1) is 0 Å². The maximum atomic E-state index is 13.2. The lowest BCUT2D eigenvalue weighted by Gasteiger charge is -2.40. The number of benzene rings is 4. The summed E-state index contributed by atoms with van der Waals surface area (Å²) in [6.45, 7) is 10.5. The molecule has 7 rings (SSSR count). The minimum Gasteiger partial charge on any atom is -0.497 e. The van der Waals surface area contributed by atoms with Gasteiger partial charge in [0.15, 0.2) is 14.5 Å². The maximum Gasteiger partial charge on any atom is 0.317 e. The predicted molar refractivity (Wildman–Crippen MR) is 232 cm³/mol. The number of ether oxygens (including phenoxy) is 4. The highest BCUT2D eigenvalue weighted by atomic mass is 31.1. The fourth-order valence-electron chi connectivity index (χ4n) is 7.29. The molecule has 2 N–H and O–H groups in total. The molecule has 1 aliphatic heterocycles. The molecule has 0 radical (unpaired) electrons. The second-order valence-electron chi connectivity index (χ2n) is 16.1. The summed E-state index contributed by atoms with van der Waals surface area (Å²) in [4.78, 5) is 32.7. The molecule has 1 unspecified atom stereocenters. The van der Waals surface area contributed by atoms with Crippen molar-refractivity contribution in [3.8, 4) is 11.5 Å². The predicted octanol–water partition coefficient (Wildman–Crippen LogP) is 8.76. The van der Waals surface area contributed by atoms with Crippen molar-refractivity contribution < 1.29 is 42.2 Å². The second-order valence-corrected chi connectivity index (χ2v) is 21.6. The zero-order valence-corrected chi connectivity index (χ0v) is 36.7. The van der Waals surface area contributed by atoms with E-state index in [9.17, 15) is 14.3 Å². The summed E-state index contributed by atoms with van der Waals surface area (Å²) >= 11 is 0. The quantitative estimate of drug-likeness (QED) is 0.0580. The van der Waals surface area contributed by atoms with Gasteiger partial charge in [-0.05, 0) is 77.3 Å². The molecule has 2 aromatic heterocycles. The lowest BCUT2D eigenvalue weighted by molar-refractivity contribution is -0.0919. The minimum atomic E-state index is -3.54. The van der Waals surface area contributed by atoms with Crippen LogP contribution in [0.2, 0.25) is 18.1 Å². The number of amides is 1. The Hall–Kier alpha value is -5.18. The smallest absolute Gasteiger partial charge is 0.317 e. The van der Waals surface area contributed by atoms with Gasteiger partial charge in [0.05, 0.1) is 26.2 Å². The summed E-state index contributed by atoms with van der Waals surface area (Å²) in [6, 6.07) is 35.8. The normalized spacial score (nSPS) is 18.9. The Morgan fingerprint density at radius 1 is 0.817 bits per heavy atom. The van der Waals surface area contributed by atoms with Crippen molar-refractivity contribution in [2.24, 2.45) is 0 Å². The molecular weight excluding hydrogens is 800 g/mol. The number of carbonyl (C=O) groups excluding carboxylic acids is 1. The van der Waals surface area contributed by atoms with Crippen LogP contribution in [0.25, 0.3) is 11.0 Å². The number of fused-ring (bicyclic) bond motifs is 1. The van der Waals surface area contributed by atoms with E-state index in [2.05, 4.69) is 49.1 Å². The SMILES string of the molecule is COc1ccc(C(OC[C@H]2O[C@@H](n3ccc4c(NC(=O)c5ccccc5)ncnc43)[C@H](O[Si](C)(C)C(C)(C)C)[C@@H]2O[PH](=O)O)(c2ccccc2)c2ccc(OC)cc2)cc1. The van der Waals surface area contributed by atoms with Gasteiger partial charge in [-0.2, -0.15) is 0 Å². The van der Waals surface area contributed by atoms with Crippen LogP contribution in [-0.4, -0.2) is 72.8 Å². The van der Waals surface area contributed by atoms with Crippen LogP contribution in [0.5, 0.6) is 11.5 Å². The summed E-state index contributed by atoms with van der Waals surface area (Å²) in [5, 5.41) is 3.23. The van der Waals surface area contributed by atoms with Crippen LogP contribution in [0.1, 0.15) is 54.0 Å². The van der Waals surface area contributed by atoms with Gasteiger partial charge in [-0.25, -0.2) is 9.97 Å². The van der Waals surface area contributed by atoms with Crippen LogP contribution in [0.15, 0.2) is 128 Å². The Kier molecular flexibility index (Phi) is 12.7.